The van der Waals surface area contributed by atoms with E-state index in [1.54, 1.807) is 19.0 Å². The highest BCUT2D eigenvalue weighted by Gasteiger charge is 2.31. The van der Waals surface area contributed by atoms with Crippen LogP contribution in [0.25, 0.3) is 0 Å². The van der Waals surface area contributed by atoms with E-state index in [-0.39, 0.29) is 24.1 Å². The number of carbonyl (C=O) groups excluding carboxylic acids is 2. The normalized spacial score (nSPS) is 17.9. The van der Waals surface area contributed by atoms with Gasteiger partial charge in [0.25, 0.3) is 5.91 Å². The monoisotopic (exact) mass is 295 g/mol. The summed E-state index contributed by atoms with van der Waals surface area (Å²) in [5, 5.41) is 2.74. The number of thioether (sulfide) groups is 1. The number of nitrogens with zero attached hydrogens (tertiary/aromatic N) is 2. The number of anilines is 1. The summed E-state index contributed by atoms with van der Waals surface area (Å²) >= 11 is 1.27. The van der Waals surface area contributed by atoms with Gasteiger partial charge in [0.15, 0.2) is 5.17 Å². The van der Waals surface area contributed by atoms with Crippen LogP contribution in [0.1, 0.15) is 6.42 Å². The number of amides is 2. The van der Waals surface area contributed by atoms with E-state index in [2.05, 4.69) is 10.3 Å². The van der Waals surface area contributed by atoms with Crippen molar-refractivity contribution in [3.63, 3.8) is 0 Å². The van der Waals surface area contributed by atoms with Crippen LogP contribution in [0.4, 0.5) is 10.1 Å². The van der Waals surface area contributed by atoms with E-state index in [4.69, 9.17) is 0 Å². The molecule has 0 aliphatic carbocycles. The zero-order chi connectivity index (χ0) is 14.7. The van der Waals surface area contributed by atoms with Crippen LogP contribution in [0.15, 0.2) is 29.3 Å². The Balaban J connectivity index is 1.90. The van der Waals surface area contributed by atoms with Crippen LogP contribution < -0.4 is 5.32 Å². The van der Waals surface area contributed by atoms with Gasteiger partial charge in [0.2, 0.25) is 5.91 Å². The molecular formula is C13H14FN3O2S. The molecule has 7 heteroatoms. The third kappa shape index (κ3) is 3.57. The van der Waals surface area contributed by atoms with E-state index in [0.717, 1.165) is 0 Å². The minimum Gasteiger partial charge on any atom is -0.357 e. The zero-order valence-corrected chi connectivity index (χ0v) is 11.9. The fraction of sp³-hybridized carbons (Fsp3) is 0.308. The average molecular weight is 295 g/mol. The number of halogens is 1. The van der Waals surface area contributed by atoms with Gasteiger partial charge in [-0.15, -0.1) is 0 Å². The molecule has 20 heavy (non-hydrogen) atoms. The lowest BCUT2D eigenvalue weighted by Gasteiger charge is -2.11. The van der Waals surface area contributed by atoms with Crippen molar-refractivity contribution in [2.75, 3.05) is 19.4 Å². The first-order valence-corrected chi connectivity index (χ1v) is 6.85. The van der Waals surface area contributed by atoms with E-state index in [0.29, 0.717) is 10.9 Å². The number of hydrogen-bond acceptors (Lipinski definition) is 4. The fourth-order valence-electron chi connectivity index (χ4n) is 1.62. The van der Waals surface area contributed by atoms with Crippen LogP contribution >= 0.6 is 11.8 Å². The molecule has 106 valence electrons. The van der Waals surface area contributed by atoms with Gasteiger partial charge in [0, 0.05) is 26.2 Å². The second kappa shape index (κ2) is 6.04. The molecule has 1 aromatic rings. The number of amidine groups is 1. The average Bonchev–Trinajstić information content (AvgIpc) is 2.74. The number of carbonyl (C=O) groups is 2. The maximum Gasteiger partial charge on any atom is 0.262 e. The van der Waals surface area contributed by atoms with Crippen molar-refractivity contribution < 1.29 is 14.0 Å². The van der Waals surface area contributed by atoms with Gasteiger partial charge in [-0.05, 0) is 24.3 Å². The molecule has 1 aromatic carbocycles. The number of aliphatic imine (C=N–C) groups is 1. The highest BCUT2D eigenvalue weighted by atomic mass is 32.2. The predicted octanol–water partition coefficient (Wildman–Crippen LogP) is 1.71. The highest BCUT2D eigenvalue weighted by Crippen LogP contribution is 2.26. The van der Waals surface area contributed by atoms with Gasteiger partial charge < -0.3 is 10.2 Å². The molecule has 0 bridgehead atoms. The Morgan fingerprint density at radius 2 is 2.05 bits per heavy atom. The summed E-state index contributed by atoms with van der Waals surface area (Å²) in [5.74, 6) is -0.959. The number of hydrogen-bond donors (Lipinski definition) is 1. The Morgan fingerprint density at radius 3 is 2.60 bits per heavy atom. The standard InChI is InChI=1S/C13H14FN3O2S/c1-17(2)13-16-12(19)10(20-13)7-11(18)15-9-5-3-8(14)4-6-9/h3-6,10H,7H2,1-2H3,(H,15,18)/t10-/m1/s1. The molecule has 0 spiro atoms. The van der Waals surface area contributed by atoms with Gasteiger partial charge in [0.05, 0.1) is 0 Å². The maximum absolute atomic E-state index is 12.7. The molecule has 0 saturated carbocycles. The summed E-state index contributed by atoms with van der Waals surface area (Å²) < 4.78 is 12.7. The largest absolute Gasteiger partial charge is 0.357 e. The third-order valence-corrected chi connectivity index (χ3v) is 3.93. The van der Waals surface area contributed by atoms with Crippen LogP contribution in [0, 0.1) is 5.82 Å². The molecule has 1 N–H and O–H groups in total. The minimum absolute atomic E-state index is 0.0434. The summed E-state index contributed by atoms with van der Waals surface area (Å²) in [4.78, 5) is 29.1. The molecule has 2 rings (SSSR count). The molecule has 0 fully saturated rings. The van der Waals surface area contributed by atoms with Gasteiger partial charge in [-0.2, -0.15) is 4.99 Å². The van der Waals surface area contributed by atoms with Gasteiger partial charge in [-0.3, -0.25) is 9.59 Å². The Morgan fingerprint density at radius 1 is 1.40 bits per heavy atom. The van der Waals surface area contributed by atoms with Crippen LogP contribution in [-0.2, 0) is 9.59 Å². The molecule has 0 saturated heterocycles. The van der Waals surface area contributed by atoms with Crippen molar-refractivity contribution in [2.45, 2.75) is 11.7 Å². The quantitative estimate of drug-likeness (QED) is 0.922. The first kappa shape index (κ1) is 14.5. The van der Waals surface area contributed by atoms with Crippen molar-refractivity contribution in [3.8, 4) is 0 Å². The predicted molar refractivity (Wildman–Crippen MR) is 77.2 cm³/mol. The second-order valence-electron chi connectivity index (χ2n) is 4.49. The Labute approximate surface area is 120 Å². The lowest BCUT2D eigenvalue weighted by molar-refractivity contribution is -0.121. The number of benzene rings is 1. The van der Waals surface area contributed by atoms with Crippen LogP contribution in [-0.4, -0.2) is 41.2 Å². The van der Waals surface area contributed by atoms with Gasteiger partial charge >= 0.3 is 0 Å². The maximum atomic E-state index is 12.7. The Kier molecular flexibility index (Phi) is 4.39. The fourth-order valence-corrected chi connectivity index (χ4v) is 2.61. The van der Waals surface area contributed by atoms with Gasteiger partial charge in [0.1, 0.15) is 11.1 Å². The van der Waals surface area contributed by atoms with Crippen molar-refractivity contribution in [1.82, 2.24) is 4.90 Å². The van der Waals surface area contributed by atoms with Crippen molar-refractivity contribution in [2.24, 2.45) is 4.99 Å². The second-order valence-corrected chi connectivity index (χ2v) is 5.66. The van der Waals surface area contributed by atoms with Crippen LogP contribution in [0.2, 0.25) is 0 Å². The van der Waals surface area contributed by atoms with E-state index in [1.165, 1.54) is 36.0 Å². The molecule has 0 unspecified atom stereocenters. The minimum atomic E-state index is -0.493. The molecule has 0 aromatic heterocycles. The summed E-state index contributed by atoms with van der Waals surface area (Å²) in [6, 6.07) is 5.47. The van der Waals surface area contributed by atoms with E-state index in [1.807, 2.05) is 0 Å². The SMILES string of the molecule is CN(C)C1=NC(=O)[C@@H](CC(=O)Nc2ccc(F)cc2)S1. The van der Waals surface area contributed by atoms with Crippen molar-refractivity contribution in [1.29, 1.82) is 0 Å². The first-order chi connectivity index (χ1) is 9.45. The molecule has 1 atom stereocenters. The molecule has 1 aliphatic rings. The van der Waals surface area contributed by atoms with E-state index < -0.39 is 5.25 Å². The molecule has 2 amide bonds. The molecule has 0 radical (unpaired) electrons. The number of rotatable bonds is 3. The first-order valence-electron chi connectivity index (χ1n) is 5.97. The summed E-state index contributed by atoms with van der Waals surface area (Å²) in [6.45, 7) is 0. The summed E-state index contributed by atoms with van der Waals surface area (Å²) in [7, 11) is 3.58. The third-order valence-electron chi connectivity index (χ3n) is 2.61. The molecular weight excluding hydrogens is 281 g/mol. The van der Waals surface area contributed by atoms with Gasteiger partial charge in [-0.1, -0.05) is 11.8 Å². The van der Waals surface area contributed by atoms with Gasteiger partial charge in [-0.25, -0.2) is 4.39 Å². The molecule has 1 heterocycles. The number of nitrogens with one attached hydrogen (secondary N) is 1. The van der Waals surface area contributed by atoms with Crippen molar-refractivity contribution in [3.05, 3.63) is 30.1 Å². The van der Waals surface area contributed by atoms with Crippen LogP contribution in [0.3, 0.4) is 0 Å². The van der Waals surface area contributed by atoms with Crippen LogP contribution in [0.5, 0.6) is 0 Å². The summed E-state index contributed by atoms with van der Waals surface area (Å²) in [6.07, 6.45) is 0.0434. The Bertz CT molecular complexity index is 557. The molecule has 5 nitrogen and oxygen atoms in total. The lowest BCUT2D eigenvalue weighted by Crippen LogP contribution is -2.22. The van der Waals surface area contributed by atoms with Crippen molar-refractivity contribution >= 4 is 34.4 Å². The smallest absolute Gasteiger partial charge is 0.262 e. The van der Waals surface area contributed by atoms with E-state index >= 15 is 0 Å². The topological polar surface area (TPSA) is 61.8 Å². The zero-order valence-electron chi connectivity index (χ0n) is 11.1. The lowest BCUT2D eigenvalue weighted by atomic mass is 10.2. The van der Waals surface area contributed by atoms with E-state index in [9.17, 15) is 14.0 Å². The Hall–Kier alpha value is -1.89. The molecule has 1 aliphatic heterocycles. The highest BCUT2D eigenvalue weighted by molar-refractivity contribution is 8.15. The summed E-state index contributed by atoms with van der Waals surface area (Å²) in [5.41, 5.74) is 0.501.